The molecule has 4 rings (SSSR count). The molecule has 0 aromatic heterocycles. The van der Waals surface area contributed by atoms with Crippen LogP contribution in [-0.4, -0.2) is 23.4 Å². The van der Waals surface area contributed by atoms with E-state index in [0.29, 0.717) is 34.2 Å². The molecule has 1 fully saturated rings. The molecular weight excluding hydrogens is 510 g/mol. The van der Waals surface area contributed by atoms with E-state index in [4.69, 9.17) is 16.3 Å². The number of aliphatic hydroxyl groups excluding tert-OH is 1. The number of benzene rings is 3. The minimum Gasteiger partial charge on any atom is -0.507 e. The lowest BCUT2D eigenvalue weighted by Crippen LogP contribution is -2.30. The summed E-state index contributed by atoms with van der Waals surface area (Å²) in [6.45, 7) is 11.0. The monoisotopic (exact) mass is 545 g/mol. The van der Waals surface area contributed by atoms with Crippen molar-refractivity contribution in [3.05, 3.63) is 99.6 Å². The van der Waals surface area contributed by atoms with Gasteiger partial charge in [-0.2, -0.15) is 0 Å². The minimum atomic E-state index is -0.818. The quantitative estimate of drug-likeness (QED) is 0.134. The van der Waals surface area contributed by atoms with Gasteiger partial charge in [-0.1, -0.05) is 82.5 Å². The summed E-state index contributed by atoms with van der Waals surface area (Å²) in [5, 5.41) is 12.0. The van der Waals surface area contributed by atoms with Crippen LogP contribution in [-0.2, 0) is 15.0 Å². The number of unbranched alkanes of at least 4 members (excludes halogenated alkanes) is 2. The lowest BCUT2D eigenvalue weighted by Gasteiger charge is -2.28. The highest BCUT2D eigenvalue weighted by Gasteiger charge is 2.47. The molecule has 1 saturated heterocycles. The van der Waals surface area contributed by atoms with Crippen molar-refractivity contribution >= 4 is 34.7 Å². The summed E-state index contributed by atoms with van der Waals surface area (Å²) in [6.07, 6.45) is 3.18. The van der Waals surface area contributed by atoms with Crippen molar-refractivity contribution in [2.75, 3.05) is 11.5 Å². The van der Waals surface area contributed by atoms with Gasteiger partial charge in [-0.05, 0) is 71.8 Å². The number of rotatable bonds is 8. The van der Waals surface area contributed by atoms with Gasteiger partial charge in [-0.3, -0.25) is 14.5 Å². The average Bonchev–Trinajstić information content (AvgIpc) is 3.18. The summed E-state index contributed by atoms with van der Waals surface area (Å²) in [5.74, 6) is -0.982. The van der Waals surface area contributed by atoms with E-state index >= 15 is 0 Å². The van der Waals surface area contributed by atoms with Gasteiger partial charge < -0.3 is 9.84 Å². The van der Waals surface area contributed by atoms with Crippen LogP contribution in [0.2, 0.25) is 5.02 Å². The summed E-state index contributed by atoms with van der Waals surface area (Å²) in [7, 11) is 0. The largest absolute Gasteiger partial charge is 0.507 e. The normalized spacial score (nSPS) is 17.1. The van der Waals surface area contributed by atoms with Crippen LogP contribution in [0.25, 0.3) is 5.76 Å². The Labute approximate surface area is 236 Å². The predicted molar refractivity (Wildman–Crippen MR) is 158 cm³/mol. The SMILES string of the molecule is CCCCCOc1ccc(/C(O)=C2\C(=O)C(=O)N(c3cccc(Cl)c3C)C2c2ccc(C(C)(C)C)cc2)cc1. The molecular formula is C33H36ClNO4. The number of aliphatic hydroxyl groups is 1. The molecule has 6 heteroatoms. The number of ether oxygens (including phenoxy) is 1. The first-order valence-electron chi connectivity index (χ1n) is 13.4. The van der Waals surface area contributed by atoms with Crippen LogP contribution in [0.15, 0.2) is 72.3 Å². The van der Waals surface area contributed by atoms with Crippen molar-refractivity contribution in [2.24, 2.45) is 0 Å². The molecule has 3 aromatic carbocycles. The van der Waals surface area contributed by atoms with Gasteiger partial charge >= 0.3 is 0 Å². The number of carbonyl (C=O) groups is 2. The van der Waals surface area contributed by atoms with Crippen LogP contribution < -0.4 is 9.64 Å². The Morgan fingerprint density at radius 1 is 0.974 bits per heavy atom. The van der Waals surface area contributed by atoms with Gasteiger partial charge in [0.25, 0.3) is 11.7 Å². The third-order valence-electron chi connectivity index (χ3n) is 7.18. The Morgan fingerprint density at radius 3 is 2.26 bits per heavy atom. The molecule has 0 bridgehead atoms. The van der Waals surface area contributed by atoms with Crippen LogP contribution in [0.4, 0.5) is 5.69 Å². The molecule has 5 nitrogen and oxygen atoms in total. The van der Waals surface area contributed by atoms with Gasteiger partial charge in [-0.15, -0.1) is 0 Å². The Hall–Kier alpha value is -3.57. The second kappa shape index (κ2) is 11.7. The average molecular weight is 546 g/mol. The maximum atomic E-state index is 13.5. The van der Waals surface area contributed by atoms with E-state index in [9.17, 15) is 14.7 Å². The highest BCUT2D eigenvalue weighted by Crippen LogP contribution is 2.44. The maximum Gasteiger partial charge on any atom is 0.300 e. The predicted octanol–water partition coefficient (Wildman–Crippen LogP) is 8.14. The smallest absolute Gasteiger partial charge is 0.300 e. The van der Waals surface area contributed by atoms with E-state index in [1.807, 2.05) is 31.2 Å². The molecule has 1 N–H and O–H groups in total. The molecule has 204 valence electrons. The molecule has 1 amide bonds. The Morgan fingerprint density at radius 2 is 1.64 bits per heavy atom. The molecule has 0 spiro atoms. The number of halogens is 1. The number of carbonyl (C=O) groups excluding carboxylic acids is 2. The van der Waals surface area contributed by atoms with Crippen molar-refractivity contribution < 1.29 is 19.4 Å². The molecule has 1 aliphatic rings. The topological polar surface area (TPSA) is 66.8 Å². The standard InChI is InChI=1S/C33H36ClNO4/c1-6-7-8-20-39-25-18-14-23(15-19-25)30(36)28-29(22-12-16-24(17-13-22)33(3,4)5)35(32(38)31(28)37)27-11-9-10-26(34)21(27)2/h9-19,29,36H,6-8,20H2,1-5H3/b30-28+. The van der Waals surface area contributed by atoms with Gasteiger partial charge in [0, 0.05) is 16.3 Å². The fraction of sp³-hybridized carbons (Fsp3) is 0.333. The molecule has 3 aromatic rings. The third kappa shape index (κ3) is 5.89. The molecule has 0 radical (unpaired) electrons. The highest BCUT2D eigenvalue weighted by atomic mass is 35.5. The summed E-state index contributed by atoms with van der Waals surface area (Å²) >= 11 is 6.41. The van der Waals surface area contributed by atoms with E-state index in [2.05, 4.69) is 27.7 Å². The second-order valence-corrected chi connectivity index (χ2v) is 11.4. The number of nitrogens with zero attached hydrogens (tertiary/aromatic N) is 1. The second-order valence-electron chi connectivity index (χ2n) is 11.0. The van der Waals surface area contributed by atoms with E-state index in [-0.39, 0.29) is 16.7 Å². The first-order chi connectivity index (χ1) is 18.5. The van der Waals surface area contributed by atoms with Crippen molar-refractivity contribution in [3.63, 3.8) is 0 Å². The van der Waals surface area contributed by atoms with Gasteiger partial charge in [0.05, 0.1) is 18.2 Å². The van der Waals surface area contributed by atoms with E-state index < -0.39 is 17.7 Å². The highest BCUT2D eigenvalue weighted by molar-refractivity contribution is 6.52. The fourth-order valence-electron chi connectivity index (χ4n) is 4.83. The Balaban J connectivity index is 1.81. The molecule has 1 heterocycles. The van der Waals surface area contributed by atoms with Crippen LogP contribution in [0.1, 0.15) is 75.3 Å². The number of Topliss-reactive ketones (excluding diaryl/α,β-unsaturated/α-hetero) is 1. The van der Waals surface area contributed by atoms with Crippen molar-refractivity contribution in [1.82, 2.24) is 0 Å². The van der Waals surface area contributed by atoms with Gasteiger partial charge in [-0.25, -0.2) is 0 Å². The summed E-state index contributed by atoms with van der Waals surface area (Å²) in [5.41, 5.74) is 3.47. The van der Waals surface area contributed by atoms with Crippen LogP contribution >= 0.6 is 11.6 Å². The first-order valence-corrected chi connectivity index (χ1v) is 13.8. The molecule has 1 unspecified atom stereocenters. The van der Waals surface area contributed by atoms with E-state index in [1.165, 1.54) is 4.90 Å². The summed E-state index contributed by atoms with van der Waals surface area (Å²) in [6, 6.07) is 19.3. The van der Waals surface area contributed by atoms with Crippen LogP contribution in [0.3, 0.4) is 0 Å². The van der Waals surface area contributed by atoms with E-state index in [1.54, 1.807) is 42.5 Å². The molecule has 0 aliphatic carbocycles. The number of amides is 1. The van der Waals surface area contributed by atoms with E-state index in [0.717, 1.165) is 30.4 Å². The molecule has 1 atom stereocenters. The maximum absolute atomic E-state index is 13.5. The number of ketones is 1. The zero-order chi connectivity index (χ0) is 28.3. The van der Waals surface area contributed by atoms with Crippen LogP contribution in [0, 0.1) is 6.92 Å². The lowest BCUT2D eigenvalue weighted by molar-refractivity contribution is -0.132. The van der Waals surface area contributed by atoms with Gasteiger partial charge in [0.15, 0.2) is 0 Å². The zero-order valence-corrected chi connectivity index (χ0v) is 24.0. The van der Waals surface area contributed by atoms with Crippen molar-refractivity contribution in [2.45, 2.75) is 65.3 Å². The molecule has 0 saturated carbocycles. The Kier molecular flexibility index (Phi) is 8.51. The third-order valence-corrected chi connectivity index (χ3v) is 7.59. The molecule has 39 heavy (non-hydrogen) atoms. The van der Waals surface area contributed by atoms with Crippen molar-refractivity contribution in [1.29, 1.82) is 0 Å². The minimum absolute atomic E-state index is 0.0412. The fourth-order valence-corrected chi connectivity index (χ4v) is 5.00. The number of anilines is 1. The van der Waals surface area contributed by atoms with Gasteiger partial charge in [0.2, 0.25) is 0 Å². The lowest BCUT2D eigenvalue weighted by atomic mass is 9.85. The molecule has 1 aliphatic heterocycles. The number of hydrogen-bond donors (Lipinski definition) is 1. The van der Waals surface area contributed by atoms with Gasteiger partial charge in [0.1, 0.15) is 11.5 Å². The summed E-state index contributed by atoms with van der Waals surface area (Å²) < 4.78 is 5.80. The van der Waals surface area contributed by atoms with Crippen molar-refractivity contribution in [3.8, 4) is 5.75 Å². The number of hydrogen-bond acceptors (Lipinski definition) is 4. The first kappa shape index (κ1) is 28.4. The van der Waals surface area contributed by atoms with Crippen LogP contribution in [0.5, 0.6) is 5.75 Å². The Bertz CT molecular complexity index is 1380. The summed E-state index contributed by atoms with van der Waals surface area (Å²) in [4.78, 5) is 28.5. The zero-order valence-electron chi connectivity index (χ0n) is 23.3.